The molecule has 36 heavy (non-hydrogen) atoms. The maximum atomic E-state index is 13.3. The highest BCUT2D eigenvalue weighted by atomic mass is 35.5. The molecule has 1 N–H and O–H groups in total. The summed E-state index contributed by atoms with van der Waals surface area (Å²) in [5.41, 5.74) is 1.93. The molecular weight excluding hydrogens is 481 g/mol. The molecule has 8 heteroatoms. The molecule has 0 saturated carbocycles. The van der Waals surface area contributed by atoms with Crippen molar-refractivity contribution in [2.75, 3.05) is 19.6 Å². The first-order valence-electron chi connectivity index (χ1n) is 12.2. The SMILES string of the molecule is C[C@@H]1C(=C=O)N(Cc2ccc(F)cc2)[C@@H](C)CN1CC(CNC(=O)OC(C)(C)C)c1ccc(Cl)cc1. The van der Waals surface area contributed by atoms with Crippen molar-refractivity contribution in [3.63, 3.8) is 0 Å². The molecule has 6 nitrogen and oxygen atoms in total. The van der Waals surface area contributed by atoms with Gasteiger partial charge in [-0.25, -0.2) is 14.0 Å². The largest absolute Gasteiger partial charge is 0.444 e. The molecule has 1 amide bonds. The summed E-state index contributed by atoms with van der Waals surface area (Å²) < 4.78 is 18.8. The summed E-state index contributed by atoms with van der Waals surface area (Å²) in [5, 5.41) is 3.53. The fourth-order valence-electron chi connectivity index (χ4n) is 4.48. The molecule has 0 aromatic heterocycles. The van der Waals surface area contributed by atoms with Gasteiger partial charge in [0.2, 0.25) is 0 Å². The first kappa shape index (κ1) is 27.7. The fraction of sp³-hybridized carbons (Fsp3) is 0.464. The van der Waals surface area contributed by atoms with Crippen molar-refractivity contribution >= 4 is 23.6 Å². The van der Waals surface area contributed by atoms with Crippen LogP contribution in [-0.2, 0) is 16.1 Å². The van der Waals surface area contributed by atoms with Crippen LogP contribution in [0.5, 0.6) is 0 Å². The van der Waals surface area contributed by atoms with Gasteiger partial charge in [-0.1, -0.05) is 35.9 Å². The van der Waals surface area contributed by atoms with Gasteiger partial charge in [0.15, 0.2) is 0 Å². The predicted molar refractivity (Wildman–Crippen MR) is 140 cm³/mol. The van der Waals surface area contributed by atoms with E-state index in [0.717, 1.165) is 11.1 Å². The third kappa shape index (κ3) is 7.57. The van der Waals surface area contributed by atoms with Crippen molar-refractivity contribution in [1.29, 1.82) is 0 Å². The average molecular weight is 516 g/mol. The third-order valence-electron chi connectivity index (χ3n) is 6.34. The fourth-order valence-corrected chi connectivity index (χ4v) is 4.60. The number of alkyl carbamates (subject to hydrolysis) is 1. The van der Waals surface area contributed by atoms with E-state index in [1.807, 2.05) is 56.9 Å². The van der Waals surface area contributed by atoms with Crippen LogP contribution in [0.2, 0.25) is 5.02 Å². The van der Waals surface area contributed by atoms with Crippen molar-refractivity contribution in [2.45, 2.75) is 64.8 Å². The van der Waals surface area contributed by atoms with Crippen LogP contribution in [0.1, 0.15) is 51.7 Å². The maximum absolute atomic E-state index is 13.3. The quantitative estimate of drug-likeness (QED) is 0.500. The Labute approximate surface area is 218 Å². The third-order valence-corrected chi connectivity index (χ3v) is 6.59. The molecule has 1 heterocycles. The van der Waals surface area contributed by atoms with E-state index in [0.29, 0.717) is 36.9 Å². The molecule has 3 atom stereocenters. The molecule has 1 saturated heterocycles. The lowest BCUT2D eigenvalue weighted by molar-refractivity contribution is 0.0510. The zero-order valence-electron chi connectivity index (χ0n) is 21.6. The van der Waals surface area contributed by atoms with Crippen LogP contribution in [0.15, 0.2) is 54.2 Å². The van der Waals surface area contributed by atoms with E-state index in [1.165, 1.54) is 12.1 Å². The summed E-state index contributed by atoms with van der Waals surface area (Å²) in [6.45, 7) is 11.7. The topological polar surface area (TPSA) is 61.9 Å². The summed E-state index contributed by atoms with van der Waals surface area (Å²) in [6, 6.07) is 13.8. The van der Waals surface area contributed by atoms with Gasteiger partial charge in [0.1, 0.15) is 23.1 Å². The van der Waals surface area contributed by atoms with Crippen LogP contribution >= 0.6 is 11.6 Å². The molecular formula is C28H35ClFN3O3. The van der Waals surface area contributed by atoms with E-state index in [-0.39, 0.29) is 23.8 Å². The Kier molecular flexibility index (Phi) is 9.18. The molecule has 0 aliphatic carbocycles. The number of benzene rings is 2. The van der Waals surface area contributed by atoms with Crippen LogP contribution in [0, 0.1) is 5.82 Å². The molecule has 1 fully saturated rings. The minimum absolute atomic E-state index is 0.0346. The second kappa shape index (κ2) is 11.9. The zero-order valence-corrected chi connectivity index (χ0v) is 22.3. The maximum Gasteiger partial charge on any atom is 0.407 e. The smallest absolute Gasteiger partial charge is 0.407 e. The Hall–Kier alpha value is -2.86. The lowest BCUT2D eigenvalue weighted by atomic mass is 9.95. The van der Waals surface area contributed by atoms with Gasteiger partial charge in [-0.2, -0.15) is 0 Å². The predicted octanol–water partition coefficient (Wildman–Crippen LogP) is 5.40. The van der Waals surface area contributed by atoms with Gasteiger partial charge in [-0.05, 0) is 70.0 Å². The number of carbonyl (C=O) groups is 1. The second-order valence-electron chi connectivity index (χ2n) is 10.4. The summed E-state index contributed by atoms with van der Waals surface area (Å²) in [4.78, 5) is 28.7. The Morgan fingerprint density at radius 2 is 1.81 bits per heavy atom. The van der Waals surface area contributed by atoms with E-state index in [2.05, 4.69) is 23.1 Å². The van der Waals surface area contributed by atoms with Crippen molar-refractivity contribution in [2.24, 2.45) is 0 Å². The summed E-state index contributed by atoms with van der Waals surface area (Å²) in [5.74, 6) is 1.82. The molecule has 3 rings (SSSR count). The van der Waals surface area contributed by atoms with Crippen molar-refractivity contribution in [1.82, 2.24) is 15.1 Å². The minimum atomic E-state index is -0.589. The molecule has 194 valence electrons. The van der Waals surface area contributed by atoms with Crippen molar-refractivity contribution in [3.05, 3.63) is 76.2 Å². The number of carbonyl (C=O) groups excluding carboxylic acids is 2. The van der Waals surface area contributed by atoms with Crippen LogP contribution in [0.25, 0.3) is 0 Å². The second-order valence-corrected chi connectivity index (χ2v) is 10.8. The van der Waals surface area contributed by atoms with Crippen LogP contribution in [-0.4, -0.2) is 59.2 Å². The molecule has 2 aromatic carbocycles. The molecule has 0 bridgehead atoms. The van der Waals surface area contributed by atoms with Gasteiger partial charge in [-0.15, -0.1) is 0 Å². The average Bonchev–Trinajstić information content (AvgIpc) is 2.80. The van der Waals surface area contributed by atoms with Gasteiger partial charge in [-0.3, -0.25) is 4.90 Å². The monoisotopic (exact) mass is 515 g/mol. The minimum Gasteiger partial charge on any atom is -0.444 e. The number of amides is 1. The molecule has 2 aromatic rings. The Morgan fingerprint density at radius 1 is 1.17 bits per heavy atom. The Balaban J connectivity index is 1.76. The number of piperazine rings is 1. The molecule has 1 aliphatic rings. The van der Waals surface area contributed by atoms with Gasteiger partial charge < -0.3 is 15.0 Å². The van der Waals surface area contributed by atoms with Gasteiger partial charge in [0.25, 0.3) is 0 Å². The van der Waals surface area contributed by atoms with E-state index < -0.39 is 11.7 Å². The van der Waals surface area contributed by atoms with Crippen molar-refractivity contribution < 1.29 is 18.7 Å². The normalized spacial score (nSPS) is 19.5. The highest BCUT2D eigenvalue weighted by Crippen LogP contribution is 2.28. The Morgan fingerprint density at radius 3 is 2.39 bits per heavy atom. The van der Waals surface area contributed by atoms with Gasteiger partial charge in [0, 0.05) is 43.2 Å². The summed E-state index contributed by atoms with van der Waals surface area (Å²) in [6.07, 6.45) is -0.472. The van der Waals surface area contributed by atoms with Gasteiger partial charge in [0.05, 0.1) is 6.04 Å². The van der Waals surface area contributed by atoms with E-state index in [4.69, 9.17) is 16.3 Å². The standard InChI is InChI=1S/C28H35ClFN3O3/c1-19-15-32(20(2)26(18-34)33(19)16-21-6-12-25(30)13-7-21)17-23(22-8-10-24(29)11-9-22)14-31-27(35)36-28(3,4)5/h6-13,19-20,23H,14-17H2,1-5H3,(H,31,35)/t19-,20+,23?/m0/s1. The number of rotatable bonds is 7. The molecule has 0 spiro atoms. The van der Waals surface area contributed by atoms with E-state index in [9.17, 15) is 14.0 Å². The Bertz CT molecular complexity index is 1080. The first-order chi connectivity index (χ1) is 17.0. The highest BCUT2D eigenvalue weighted by Gasteiger charge is 2.35. The number of hydrogen-bond acceptors (Lipinski definition) is 5. The summed E-state index contributed by atoms with van der Waals surface area (Å²) in [7, 11) is 0. The number of nitrogens with one attached hydrogen (secondary N) is 1. The van der Waals surface area contributed by atoms with E-state index in [1.54, 1.807) is 12.1 Å². The van der Waals surface area contributed by atoms with Crippen molar-refractivity contribution in [3.8, 4) is 0 Å². The van der Waals surface area contributed by atoms with Crippen LogP contribution in [0.3, 0.4) is 0 Å². The lowest BCUT2D eigenvalue weighted by Crippen LogP contribution is -2.55. The van der Waals surface area contributed by atoms with Gasteiger partial charge >= 0.3 is 6.09 Å². The van der Waals surface area contributed by atoms with E-state index >= 15 is 0 Å². The molecule has 1 aliphatic heterocycles. The van der Waals surface area contributed by atoms with Crippen LogP contribution < -0.4 is 5.32 Å². The number of halogens is 2. The first-order valence-corrected chi connectivity index (χ1v) is 12.6. The molecule has 1 unspecified atom stereocenters. The van der Waals surface area contributed by atoms with Crippen LogP contribution in [0.4, 0.5) is 9.18 Å². The summed E-state index contributed by atoms with van der Waals surface area (Å²) >= 11 is 6.11. The molecule has 0 radical (unpaired) electrons. The lowest BCUT2D eigenvalue weighted by Gasteiger charge is -2.46. The number of hydrogen-bond donors (Lipinski definition) is 1. The number of nitrogens with zero attached hydrogens (tertiary/aromatic N) is 2. The number of ether oxygens (including phenoxy) is 1. The highest BCUT2D eigenvalue weighted by molar-refractivity contribution is 6.30. The zero-order chi connectivity index (χ0) is 26.5.